The Morgan fingerprint density at radius 1 is 1.60 bits per heavy atom. The maximum Gasteiger partial charge on any atom is 0.290 e. The van der Waals surface area contributed by atoms with E-state index in [-0.39, 0.29) is 17.7 Å². The van der Waals surface area contributed by atoms with E-state index < -0.39 is 0 Å². The molecule has 15 heavy (non-hydrogen) atoms. The molecule has 0 amide bonds. The molecule has 6 heteroatoms. The molecule has 1 saturated heterocycles. The summed E-state index contributed by atoms with van der Waals surface area (Å²) in [4.78, 5) is 17.9. The minimum Gasteiger partial charge on any atom is -0.378 e. The van der Waals surface area contributed by atoms with Crippen LogP contribution in [0.5, 0.6) is 0 Å². The normalized spacial score (nSPS) is 25.4. The molecular weight excluding hydrogens is 196 g/mol. The Labute approximate surface area is 87.1 Å². The molecule has 0 saturated carbocycles. The predicted molar refractivity (Wildman–Crippen MR) is 55.9 cm³/mol. The third kappa shape index (κ3) is 2.16. The number of methoxy groups -OCH3 is 1. The summed E-state index contributed by atoms with van der Waals surface area (Å²) in [5.41, 5.74) is -0.209. The highest BCUT2D eigenvalue weighted by atomic mass is 16.5. The minimum atomic E-state index is -0.209. The van der Waals surface area contributed by atoms with Crippen LogP contribution in [-0.4, -0.2) is 42.3 Å². The number of aromatic nitrogens is 2. The Balaban J connectivity index is 2.08. The Bertz CT molecular complexity index is 378. The van der Waals surface area contributed by atoms with Crippen molar-refractivity contribution in [2.24, 2.45) is 0 Å². The zero-order chi connectivity index (χ0) is 10.7. The number of ether oxygens (including phenoxy) is 1. The standard InChI is InChI=1S/C9H14N4O2/c1-15-7-5-10-4-6(7)13-8-9(14)12-3-2-11-8/h2-3,6-7,10H,4-5H2,1H3,(H,11,13)(H,12,14)/t6?,7-/m0/s1. The first kappa shape index (κ1) is 10.1. The number of hydrogen-bond acceptors (Lipinski definition) is 5. The molecule has 1 aliphatic heterocycles. The summed E-state index contributed by atoms with van der Waals surface area (Å²) in [7, 11) is 1.66. The van der Waals surface area contributed by atoms with Gasteiger partial charge in [-0.15, -0.1) is 0 Å². The van der Waals surface area contributed by atoms with Crippen molar-refractivity contribution >= 4 is 5.82 Å². The van der Waals surface area contributed by atoms with Crippen LogP contribution in [0.15, 0.2) is 17.2 Å². The van der Waals surface area contributed by atoms with Gasteiger partial charge in [-0.2, -0.15) is 0 Å². The van der Waals surface area contributed by atoms with Gasteiger partial charge in [0.2, 0.25) is 0 Å². The van der Waals surface area contributed by atoms with Crippen molar-refractivity contribution in [3.8, 4) is 0 Å². The molecule has 0 spiro atoms. The number of nitrogens with zero attached hydrogens (tertiary/aromatic N) is 1. The molecule has 82 valence electrons. The van der Waals surface area contributed by atoms with Gasteiger partial charge in [-0.25, -0.2) is 4.98 Å². The van der Waals surface area contributed by atoms with Crippen molar-refractivity contribution in [2.75, 3.05) is 25.5 Å². The van der Waals surface area contributed by atoms with Crippen LogP contribution in [0.25, 0.3) is 0 Å². The summed E-state index contributed by atoms with van der Waals surface area (Å²) in [5.74, 6) is 0.341. The minimum absolute atomic E-state index is 0.0754. The maximum atomic E-state index is 11.4. The zero-order valence-corrected chi connectivity index (χ0v) is 8.49. The monoisotopic (exact) mass is 210 g/mol. The van der Waals surface area contributed by atoms with Gasteiger partial charge in [0.15, 0.2) is 5.82 Å². The van der Waals surface area contributed by atoms with E-state index in [4.69, 9.17) is 4.74 Å². The second-order valence-electron chi connectivity index (χ2n) is 3.45. The number of rotatable bonds is 3. The predicted octanol–water partition coefficient (Wildman–Crippen LogP) is -0.831. The van der Waals surface area contributed by atoms with E-state index in [0.717, 1.165) is 13.1 Å². The van der Waals surface area contributed by atoms with E-state index in [0.29, 0.717) is 5.82 Å². The molecular formula is C9H14N4O2. The lowest BCUT2D eigenvalue weighted by Crippen LogP contribution is -2.35. The number of H-pyrrole nitrogens is 1. The van der Waals surface area contributed by atoms with Gasteiger partial charge in [-0.05, 0) is 0 Å². The smallest absolute Gasteiger partial charge is 0.290 e. The van der Waals surface area contributed by atoms with Crippen molar-refractivity contribution in [1.29, 1.82) is 0 Å². The third-order valence-electron chi connectivity index (χ3n) is 2.49. The summed E-state index contributed by atoms with van der Waals surface area (Å²) < 4.78 is 5.27. The lowest BCUT2D eigenvalue weighted by Gasteiger charge is -2.18. The number of nitrogens with one attached hydrogen (secondary N) is 3. The first-order valence-electron chi connectivity index (χ1n) is 4.85. The molecule has 6 nitrogen and oxygen atoms in total. The average Bonchev–Trinajstić information content (AvgIpc) is 2.69. The molecule has 2 rings (SSSR count). The van der Waals surface area contributed by atoms with Gasteiger partial charge < -0.3 is 20.4 Å². The number of aromatic amines is 1. The lowest BCUT2D eigenvalue weighted by atomic mass is 10.2. The van der Waals surface area contributed by atoms with Crippen molar-refractivity contribution in [2.45, 2.75) is 12.1 Å². The highest BCUT2D eigenvalue weighted by Gasteiger charge is 2.27. The fourth-order valence-corrected chi connectivity index (χ4v) is 1.68. The van der Waals surface area contributed by atoms with Gasteiger partial charge in [0.1, 0.15) is 0 Å². The maximum absolute atomic E-state index is 11.4. The Morgan fingerprint density at radius 3 is 3.20 bits per heavy atom. The second kappa shape index (κ2) is 4.41. The van der Waals surface area contributed by atoms with E-state index in [1.807, 2.05) is 0 Å². The van der Waals surface area contributed by atoms with Crippen LogP contribution in [0.3, 0.4) is 0 Å². The van der Waals surface area contributed by atoms with Crippen LogP contribution in [0.2, 0.25) is 0 Å². The fraction of sp³-hybridized carbons (Fsp3) is 0.556. The summed E-state index contributed by atoms with van der Waals surface area (Å²) in [5, 5.41) is 6.25. The van der Waals surface area contributed by atoms with Crippen molar-refractivity contribution in [3.05, 3.63) is 22.7 Å². The number of hydrogen-bond donors (Lipinski definition) is 3. The summed E-state index contributed by atoms with van der Waals surface area (Å²) in [6.45, 7) is 1.56. The van der Waals surface area contributed by atoms with Gasteiger partial charge >= 0.3 is 0 Å². The lowest BCUT2D eigenvalue weighted by molar-refractivity contribution is 0.111. The Kier molecular flexibility index (Phi) is 2.98. The summed E-state index contributed by atoms with van der Waals surface area (Å²) in [6, 6.07) is 0.0889. The van der Waals surface area contributed by atoms with Crippen LogP contribution in [0, 0.1) is 0 Å². The topological polar surface area (TPSA) is 79.0 Å². The van der Waals surface area contributed by atoms with Crippen LogP contribution in [0.1, 0.15) is 0 Å². The SMILES string of the molecule is CO[C@H]1CNCC1Nc1ncc[nH]c1=O. The van der Waals surface area contributed by atoms with E-state index in [1.54, 1.807) is 13.3 Å². The van der Waals surface area contributed by atoms with E-state index in [9.17, 15) is 4.79 Å². The molecule has 2 heterocycles. The molecule has 1 aromatic rings. The molecule has 0 bridgehead atoms. The third-order valence-corrected chi connectivity index (χ3v) is 2.49. The van der Waals surface area contributed by atoms with Gasteiger partial charge in [-0.1, -0.05) is 0 Å². The molecule has 1 unspecified atom stereocenters. The fourth-order valence-electron chi connectivity index (χ4n) is 1.68. The second-order valence-corrected chi connectivity index (χ2v) is 3.45. The van der Waals surface area contributed by atoms with Crippen LogP contribution < -0.4 is 16.2 Å². The zero-order valence-electron chi connectivity index (χ0n) is 8.49. The van der Waals surface area contributed by atoms with Gasteiger partial charge in [-0.3, -0.25) is 4.79 Å². The summed E-state index contributed by atoms with van der Waals surface area (Å²) >= 11 is 0. The highest BCUT2D eigenvalue weighted by molar-refractivity contribution is 5.32. The number of anilines is 1. The molecule has 3 N–H and O–H groups in total. The summed E-state index contributed by atoms with van der Waals surface area (Å²) in [6.07, 6.45) is 3.13. The van der Waals surface area contributed by atoms with Crippen LogP contribution in [-0.2, 0) is 4.74 Å². The molecule has 2 atom stereocenters. The molecule has 1 fully saturated rings. The van der Waals surface area contributed by atoms with Crippen molar-refractivity contribution in [3.63, 3.8) is 0 Å². The van der Waals surface area contributed by atoms with Gasteiger partial charge in [0.05, 0.1) is 12.1 Å². The Hall–Kier alpha value is -1.40. The molecule has 1 aliphatic rings. The first-order chi connectivity index (χ1) is 7.31. The molecule has 0 radical (unpaired) electrons. The van der Waals surface area contributed by atoms with Crippen LogP contribution in [0.4, 0.5) is 5.82 Å². The quantitative estimate of drug-likeness (QED) is 0.607. The molecule has 0 aliphatic carbocycles. The Morgan fingerprint density at radius 2 is 2.47 bits per heavy atom. The average molecular weight is 210 g/mol. The van der Waals surface area contributed by atoms with Gasteiger partial charge in [0.25, 0.3) is 5.56 Å². The highest BCUT2D eigenvalue weighted by Crippen LogP contribution is 2.07. The van der Waals surface area contributed by atoms with Crippen molar-refractivity contribution in [1.82, 2.24) is 15.3 Å². The van der Waals surface area contributed by atoms with Crippen LogP contribution >= 0.6 is 0 Å². The largest absolute Gasteiger partial charge is 0.378 e. The van der Waals surface area contributed by atoms with E-state index in [1.165, 1.54) is 6.20 Å². The van der Waals surface area contributed by atoms with Gasteiger partial charge in [0, 0.05) is 32.6 Å². The molecule has 0 aromatic carbocycles. The van der Waals surface area contributed by atoms with Crippen molar-refractivity contribution < 1.29 is 4.74 Å². The van der Waals surface area contributed by atoms with E-state index >= 15 is 0 Å². The molecule has 1 aromatic heterocycles. The van der Waals surface area contributed by atoms with E-state index in [2.05, 4.69) is 20.6 Å². The first-order valence-corrected chi connectivity index (χ1v) is 4.85.